The van der Waals surface area contributed by atoms with Crippen LogP contribution < -0.4 is 9.47 Å². The minimum absolute atomic E-state index is 0.497. The van der Waals surface area contributed by atoms with Crippen LogP contribution in [0.3, 0.4) is 0 Å². The van der Waals surface area contributed by atoms with E-state index in [4.69, 9.17) is 21.1 Å². The topological polar surface area (TPSA) is 18.5 Å². The summed E-state index contributed by atoms with van der Waals surface area (Å²) in [4.78, 5) is 0. The van der Waals surface area contributed by atoms with Crippen LogP contribution in [0.15, 0.2) is 46.9 Å². The van der Waals surface area contributed by atoms with Gasteiger partial charge < -0.3 is 9.47 Å². The summed E-state index contributed by atoms with van der Waals surface area (Å²) in [5.74, 6) is 1.64. The van der Waals surface area contributed by atoms with Crippen molar-refractivity contribution in [1.82, 2.24) is 0 Å². The van der Waals surface area contributed by atoms with Gasteiger partial charge in [0.2, 0.25) is 0 Å². The van der Waals surface area contributed by atoms with Crippen LogP contribution in [0.25, 0.3) is 0 Å². The SMILES string of the molecule is Cc1cc(OCCOc2ccc(Br)cc2)ccc1Cl. The van der Waals surface area contributed by atoms with Crippen molar-refractivity contribution in [3.63, 3.8) is 0 Å². The average molecular weight is 342 g/mol. The largest absolute Gasteiger partial charge is 0.490 e. The van der Waals surface area contributed by atoms with Crippen molar-refractivity contribution < 1.29 is 9.47 Å². The Labute approximate surface area is 126 Å². The molecule has 0 aliphatic rings. The quantitative estimate of drug-likeness (QED) is 0.722. The molecule has 0 bridgehead atoms. The first-order valence-electron chi connectivity index (χ1n) is 5.92. The van der Waals surface area contributed by atoms with Crippen LogP contribution in [-0.2, 0) is 0 Å². The Morgan fingerprint density at radius 2 is 1.53 bits per heavy atom. The van der Waals surface area contributed by atoms with Gasteiger partial charge in [0, 0.05) is 9.50 Å². The molecule has 0 atom stereocenters. The molecule has 2 aromatic carbocycles. The molecule has 0 aliphatic carbocycles. The van der Waals surface area contributed by atoms with E-state index in [1.807, 2.05) is 49.4 Å². The second kappa shape index (κ2) is 6.83. The Kier molecular flexibility index (Phi) is 5.11. The fourth-order valence-corrected chi connectivity index (χ4v) is 1.94. The Bertz CT molecular complexity index is 540. The van der Waals surface area contributed by atoms with Crippen molar-refractivity contribution >= 4 is 27.5 Å². The Morgan fingerprint density at radius 3 is 2.16 bits per heavy atom. The van der Waals surface area contributed by atoms with Crippen molar-refractivity contribution in [3.05, 3.63) is 57.5 Å². The molecular formula is C15H14BrClO2. The third kappa shape index (κ3) is 4.44. The van der Waals surface area contributed by atoms with E-state index < -0.39 is 0 Å². The van der Waals surface area contributed by atoms with Crippen LogP contribution in [0.5, 0.6) is 11.5 Å². The lowest BCUT2D eigenvalue weighted by molar-refractivity contribution is 0.217. The van der Waals surface area contributed by atoms with Gasteiger partial charge >= 0.3 is 0 Å². The van der Waals surface area contributed by atoms with Crippen molar-refractivity contribution in [1.29, 1.82) is 0 Å². The zero-order chi connectivity index (χ0) is 13.7. The van der Waals surface area contributed by atoms with E-state index in [0.29, 0.717) is 13.2 Å². The number of benzene rings is 2. The molecule has 0 radical (unpaired) electrons. The molecule has 0 amide bonds. The smallest absolute Gasteiger partial charge is 0.122 e. The standard InChI is InChI=1S/C15H14BrClO2/c1-11-10-14(6-7-15(11)17)19-9-8-18-13-4-2-12(16)3-5-13/h2-7,10H,8-9H2,1H3. The van der Waals surface area contributed by atoms with E-state index in [9.17, 15) is 0 Å². The van der Waals surface area contributed by atoms with Crippen LogP contribution in [0.1, 0.15) is 5.56 Å². The molecular weight excluding hydrogens is 328 g/mol. The maximum atomic E-state index is 5.95. The molecule has 0 fully saturated rings. The second-order valence-corrected chi connectivity index (χ2v) is 5.38. The second-order valence-electron chi connectivity index (χ2n) is 4.06. The first kappa shape index (κ1) is 14.2. The van der Waals surface area contributed by atoms with Crippen molar-refractivity contribution in [2.24, 2.45) is 0 Å². The molecule has 0 aliphatic heterocycles. The van der Waals surface area contributed by atoms with Crippen molar-refractivity contribution in [2.45, 2.75) is 6.92 Å². The average Bonchev–Trinajstić information content (AvgIpc) is 2.41. The maximum Gasteiger partial charge on any atom is 0.122 e. The molecule has 0 N–H and O–H groups in total. The molecule has 0 spiro atoms. The number of aryl methyl sites for hydroxylation is 1. The fraction of sp³-hybridized carbons (Fsp3) is 0.200. The van der Waals surface area contributed by atoms with Crippen LogP contribution in [0, 0.1) is 6.92 Å². The van der Waals surface area contributed by atoms with Gasteiger partial charge in [-0.05, 0) is 55.0 Å². The molecule has 0 saturated heterocycles. The summed E-state index contributed by atoms with van der Waals surface area (Å²) in [5, 5.41) is 0.749. The predicted molar refractivity (Wildman–Crippen MR) is 81.3 cm³/mol. The van der Waals surface area contributed by atoms with E-state index in [1.165, 1.54) is 0 Å². The first-order valence-corrected chi connectivity index (χ1v) is 7.09. The van der Waals surface area contributed by atoms with E-state index >= 15 is 0 Å². The zero-order valence-corrected chi connectivity index (χ0v) is 12.9. The van der Waals surface area contributed by atoms with Crippen molar-refractivity contribution in [2.75, 3.05) is 13.2 Å². The van der Waals surface area contributed by atoms with Gasteiger partial charge in [0.25, 0.3) is 0 Å². The monoisotopic (exact) mass is 340 g/mol. The lowest BCUT2D eigenvalue weighted by atomic mass is 10.2. The van der Waals surface area contributed by atoms with Gasteiger partial charge in [0.15, 0.2) is 0 Å². The minimum atomic E-state index is 0.497. The Morgan fingerprint density at radius 1 is 0.947 bits per heavy atom. The highest BCUT2D eigenvalue weighted by molar-refractivity contribution is 9.10. The number of rotatable bonds is 5. The Balaban J connectivity index is 1.77. The summed E-state index contributed by atoms with van der Waals surface area (Å²) in [6.45, 7) is 2.95. The molecule has 4 heteroatoms. The molecule has 2 rings (SSSR count). The van der Waals surface area contributed by atoms with Crippen LogP contribution in [0.4, 0.5) is 0 Å². The minimum Gasteiger partial charge on any atom is -0.490 e. The van der Waals surface area contributed by atoms with Gasteiger partial charge in [-0.1, -0.05) is 27.5 Å². The lowest BCUT2D eigenvalue weighted by Gasteiger charge is -2.09. The van der Waals surface area contributed by atoms with E-state index in [0.717, 1.165) is 26.6 Å². The third-order valence-electron chi connectivity index (χ3n) is 2.56. The fourth-order valence-electron chi connectivity index (χ4n) is 1.56. The molecule has 2 aromatic rings. The molecule has 0 saturated carbocycles. The molecule has 19 heavy (non-hydrogen) atoms. The maximum absolute atomic E-state index is 5.95. The highest BCUT2D eigenvalue weighted by Gasteiger charge is 1.99. The number of hydrogen-bond acceptors (Lipinski definition) is 2. The highest BCUT2D eigenvalue weighted by atomic mass is 79.9. The molecule has 0 heterocycles. The van der Waals surface area contributed by atoms with Crippen molar-refractivity contribution in [3.8, 4) is 11.5 Å². The van der Waals surface area contributed by atoms with E-state index in [-0.39, 0.29) is 0 Å². The van der Waals surface area contributed by atoms with Gasteiger partial charge in [0.1, 0.15) is 24.7 Å². The third-order valence-corrected chi connectivity index (χ3v) is 3.52. The summed E-state index contributed by atoms with van der Waals surface area (Å²) in [6, 6.07) is 13.3. The normalized spacial score (nSPS) is 10.3. The number of hydrogen-bond donors (Lipinski definition) is 0. The molecule has 100 valence electrons. The summed E-state index contributed by atoms with van der Waals surface area (Å²) >= 11 is 9.33. The van der Waals surface area contributed by atoms with Gasteiger partial charge in [0.05, 0.1) is 0 Å². The van der Waals surface area contributed by atoms with Crippen LogP contribution in [0.2, 0.25) is 5.02 Å². The predicted octanol–water partition coefficient (Wildman–Crippen LogP) is 4.87. The summed E-state index contributed by atoms with van der Waals surface area (Å²) in [5.41, 5.74) is 1.01. The lowest BCUT2D eigenvalue weighted by Crippen LogP contribution is -2.08. The molecule has 0 unspecified atom stereocenters. The van der Waals surface area contributed by atoms with Gasteiger partial charge in [-0.3, -0.25) is 0 Å². The number of halogens is 2. The summed E-state index contributed by atoms with van der Waals surface area (Å²) in [6.07, 6.45) is 0. The highest BCUT2D eigenvalue weighted by Crippen LogP contribution is 2.21. The molecule has 0 aromatic heterocycles. The van der Waals surface area contributed by atoms with E-state index in [1.54, 1.807) is 0 Å². The number of ether oxygens (including phenoxy) is 2. The van der Waals surface area contributed by atoms with Crippen LogP contribution in [-0.4, -0.2) is 13.2 Å². The zero-order valence-electron chi connectivity index (χ0n) is 10.5. The van der Waals surface area contributed by atoms with Gasteiger partial charge in [-0.25, -0.2) is 0 Å². The Hall–Kier alpha value is -1.19. The molecule has 2 nitrogen and oxygen atoms in total. The van der Waals surface area contributed by atoms with Gasteiger partial charge in [-0.2, -0.15) is 0 Å². The summed E-state index contributed by atoms with van der Waals surface area (Å²) < 4.78 is 12.2. The summed E-state index contributed by atoms with van der Waals surface area (Å²) in [7, 11) is 0. The first-order chi connectivity index (χ1) is 9.15. The van der Waals surface area contributed by atoms with E-state index in [2.05, 4.69) is 15.9 Å². The van der Waals surface area contributed by atoms with Gasteiger partial charge in [-0.15, -0.1) is 0 Å². The van der Waals surface area contributed by atoms with Crippen LogP contribution >= 0.6 is 27.5 Å².